The fraction of sp³-hybridized carbons (Fsp3) is 0.400. The van der Waals surface area contributed by atoms with E-state index in [2.05, 4.69) is 47.3 Å². The van der Waals surface area contributed by atoms with Crippen molar-refractivity contribution in [3.63, 3.8) is 0 Å². The van der Waals surface area contributed by atoms with Gasteiger partial charge in [0.25, 0.3) is 5.91 Å². The number of aromatic nitrogens is 1. The van der Waals surface area contributed by atoms with E-state index < -0.39 is 0 Å². The smallest absolute Gasteiger partial charge is 0.264 e. The maximum Gasteiger partial charge on any atom is 0.264 e. The number of piperazine rings is 1. The first kappa shape index (κ1) is 17.6. The van der Waals surface area contributed by atoms with Crippen molar-refractivity contribution >= 4 is 38.8 Å². The van der Waals surface area contributed by atoms with Crippen LogP contribution in [0.25, 0.3) is 10.2 Å². The zero-order valence-electron chi connectivity index (χ0n) is 15.4. The molecule has 4 nitrogen and oxygen atoms in total. The van der Waals surface area contributed by atoms with Crippen molar-refractivity contribution in [2.24, 2.45) is 0 Å². The normalized spacial score (nSPS) is 15.7. The molecule has 0 unspecified atom stereocenters. The Hall–Kier alpha value is -1.76. The molecule has 4 rings (SSSR count). The Bertz CT molecular complexity index is 938. The maximum absolute atomic E-state index is 13.1. The van der Waals surface area contributed by atoms with Gasteiger partial charge in [-0.05, 0) is 49.4 Å². The van der Waals surface area contributed by atoms with Crippen LogP contribution >= 0.6 is 22.7 Å². The van der Waals surface area contributed by atoms with Crippen LogP contribution in [0.4, 0.5) is 0 Å². The fourth-order valence-corrected chi connectivity index (χ4v) is 5.72. The number of carbonyl (C=O) groups is 1. The van der Waals surface area contributed by atoms with Gasteiger partial charge in [-0.15, -0.1) is 22.7 Å². The minimum atomic E-state index is 0.165. The molecule has 4 heterocycles. The SMILES string of the molecule is Cc1cc(C)c2c(C)c(C(=O)N3CCN(Cc4cccs4)CC3)sc2n1. The minimum absolute atomic E-state index is 0.165. The van der Waals surface area contributed by atoms with Gasteiger partial charge >= 0.3 is 0 Å². The largest absolute Gasteiger partial charge is 0.335 e. The highest BCUT2D eigenvalue weighted by Gasteiger charge is 2.26. The Morgan fingerprint density at radius 2 is 1.96 bits per heavy atom. The average molecular weight is 386 g/mol. The summed E-state index contributed by atoms with van der Waals surface area (Å²) in [5, 5.41) is 3.28. The molecule has 3 aromatic heterocycles. The number of aryl methyl sites for hydroxylation is 3. The van der Waals surface area contributed by atoms with Crippen molar-refractivity contribution in [2.75, 3.05) is 26.2 Å². The number of fused-ring (bicyclic) bond motifs is 1. The highest BCUT2D eigenvalue weighted by Crippen LogP contribution is 2.33. The standard InChI is InChI=1S/C20H23N3OS2/c1-13-11-14(2)21-19-17(13)15(3)18(26-19)20(24)23-8-6-22(7-9-23)12-16-5-4-10-25-16/h4-5,10-11H,6-9,12H2,1-3H3. The number of hydrogen-bond acceptors (Lipinski definition) is 5. The number of thiophene rings is 2. The van der Waals surface area contributed by atoms with E-state index in [1.807, 2.05) is 11.8 Å². The van der Waals surface area contributed by atoms with Crippen LogP contribution in [0.2, 0.25) is 0 Å². The average Bonchev–Trinajstić information content (AvgIpc) is 3.23. The summed E-state index contributed by atoms with van der Waals surface area (Å²) in [5.74, 6) is 0.165. The molecule has 0 aliphatic carbocycles. The van der Waals surface area contributed by atoms with Gasteiger partial charge < -0.3 is 4.90 Å². The zero-order valence-corrected chi connectivity index (χ0v) is 17.0. The van der Waals surface area contributed by atoms with Crippen molar-refractivity contribution in [1.82, 2.24) is 14.8 Å². The van der Waals surface area contributed by atoms with E-state index in [9.17, 15) is 4.79 Å². The quantitative estimate of drug-likeness (QED) is 0.677. The van der Waals surface area contributed by atoms with Crippen LogP contribution in [0.1, 0.15) is 31.4 Å². The third kappa shape index (κ3) is 3.29. The van der Waals surface area contributed by atoms with Gasteiger partial charge in [0.1, 0.15) is 4.83 Å². The summed E-state index contributed by atoms with van der Waals surface area (Å²) in [5.41, 5.74) is 3.31. The zero-order chi connectivity index (χ0) is 18.3. The van der Waals surface area contributed by atoms with Crippen LogP contribution in [0.5, 0.6) is 0 Å². The van der Waals surface area contributed by atoms with Crippen LogP contribution in [-0.2, 0) is 6.54 Å². The number of rotatable bonds is 3. The van der Waals surface area contributed by atoms with Crippen LogP contribution < -0.4 is 0 Å². The van der Waals surface area contributed by atoms with Gasteiger partial charge in [0.15, 0.2) is 0 Å². The molecular weight excluding hydrogens is 362 g/mol. The molecule has 1 fully saturated rings. The summed E-state index contributed by atoms with van der Waals surface area (Å²) < 4.78 is 0. The maximum atomic E-state index is 13.1. The van der Waals surface area contributed by atoms with Gasteiger partial charge in [-0.3, -0.25) is 9.69 Å². The van der Waals surface area contributed by atoms with E-state index in [-0.39, 0.29) is 5.91 Å². The molecule has 0 aromatic carbocycles. The van der Waals surface area contributed by atoms with E-state index in [1.54, 1.807) is 22.7 Å². The molecule has 1 aliphatic heterocycles. The van der Waals surface area contributed by atoms with E-state index in [4.69, 9.17) is 0 Å². The summed E-state index contributed by atoms with van der Waals surface area (Å²) in [6, 6.07) is 6.38. The number of nitrogens with zero attached hydrogens (tertiary/aromatic N) is 3. The third-order valence-electron chi connectivity index (χ3n) is 5.04. The predicted octanol–water partition coefficient (Wildman–Crippen LogP) is 4.24. The summed E-state index contributed by atoms with van der Waals surface area (Å²) in [4.78, 5) is 25.4. The highest BCUT2D eigenvalue weighted by atomic mass is 32.1. The molecule has 3 aromatic rings. The molecular formula is C20H23N3OS2. The van der Waals surface area contributed by atoms with E-state index in [1.165, 1.54) is 10.4 Å². The van der Waals surface area contributed by atoms with Crippen molar-refractivity contribution in [1.29, 1.82) is 0 Å². The minimum Gasteiger partial charge on any atom is -0.335 e. The van der Waals surface area contributed by atoms with Crippen molar-refractivity contribution in [3.8, 4) is 0 Å². The Balaban J connectivity index is 1.49. The summed E-state index contributed by atoms with van der Waals surface area (Å²) in [7, 11) is 0. The van der Waals surface area contributed by atoms with Crippen molar-refractivity contribution in [3.05, 3.63) is 50.2 Å². The molecule has 136 valence electrons. The molecule has 0 radical (unpaired) electrons. The van der Waals surface area contributed by atoms with Gasteiger partial charge in [0, 0.05) is 48.7 Å². The van der Waals surface area contributed by atoms with Crippen LogP contribution in [0, 0.1) is 20.8 Å². The second-order valence-electron chi connectivity index (χ2n) is 6.96. The lowest BCUT2D eigenvalue weighted by Gasteiger charge is -2.34. The number of pyridine rings is 1. The van der Waals surface area contributed by atoms with E-state index in [0.717, 1.165) is 59.1 Å². The monoisotopic (exact) mass is 385 g/mol. The van der Waals surface area contributed by atoms with Crippen LogP contribution in [-0.4, -0.2) is 46.9 Å². The summed E-state index contributed by atoms with van der Waals surface area (Å²) >= 11 is 3.34. The van der Waals surface area contributed by atoms with E-state index >= 15 is 0 Å². The Kier molecular flexibility index (Phi) is 4.82. The molecule has 1 aliphatic rings. The lowest BCUT2D eigenvalue weighted by molar-refractivity contribution is 0.0634. The molecule has 0 atom stereocenters. The molecule has 26 heavy (non-hydrogen) atoms. The fourth-order valence-electron chi connectivity index (χ4n) is 3.70. The Morgan fingerprint density at radius 1 is 1.19 bits per heavy atom. The second-order valence-corrected chi connectivity index (χ2v) is 9.00. The predicted molar refractivity (Wildman–Crippen MR) is 109 cm³/mol. The Labute approximate surface area is 162 Å². The Morgan fingerprint density at radius 3 is 2.65 bits per heavy atom. The topological polar surface area (TPSA) is 36.4 Å². The van der Waals surface area contributed by atoms with Gasteiger partial charge in [0.05, 0.1) is 4.88 Å². The first-order valence-electron chi connectivity index (χ1n) is 8.94. The lowest BCUT2D eigenvalue weighted by atomic mass is 10.1. The molecule has 6 heteroatoms. The van der Waals surface area contributed by atoms with E-state index in [0.29, 0.717) is 0 Å². The van der Waals surface area contributed by atoms with Crippen LogP contribution in [0.15, 0.2) is 23.6 Å². The molecule has 1 amide bonds. The summed E-state index contributed by atoms with van der Waals surface area (Å²) in [6.45, 7) is 10.6. The van der Waals surface area contributed by atoms with Gasteiger partial charge in [-0.1, -0.05) is 6.07 Å². The molecule has 0 spiro atoms. The van der Waals surface area contributed by atoms with Gasteiger partial charge in [-0.25, -0.2) is 4.98 Å². The van der Waals surface area contributed by atoms with Crippen molar-refractivity contribution in [2.45, 2.75) is 27.3 Å². The highest BCUT2D eigenvalue weighted by molar-refractivity contribution is 7.20. The molecule has 0 saturated carbocycles. The molecule has 0 bridgehead atoms. The first-order valence-corrected chi connectivity index (χ1v) is 10.6. The third-order valence-corrected chi connectivity index (χ3v) is 7.07. The number of hydrogen-bond donors (Lipinski definition) is 0. The molecule has 1 saturated heterocycles. The number of amides is 1. The molecule has 0 N–H and O–H groups in total. The van der Waals surface area contributed by atoms with Crippen molar-refractivity contribution < 1.29 is 4.79 Å². The van der Waals surface area contributed by atoms with Crippen LogP contribution in [0.3, 0.4) is 0 Å². The lowest BCUT2D eigenvalue weighted by Crippen LogP contribution is -2.48. The second kappa shape index (κ2) is 7.10. The number of carbonyl (C=O) groups excluding carboxylic acids is 1. The summed E-state index contributed by atoms with van der Waals surface area (Å²) in [6.07, 6.45) is 0. The van der Waals surface area contributed by atoms with Gasteiger partial charge in [0.2, 0.25) is 0 Å². The van der Waals surface area contributed by atoms with Gasteiger partial charge in [-0.2, -0.15) is 0 Å². The first-order chi connectivity index (χ1) is 12.5.